The van der Waals surface area contributed by atoms with Crippen LogP contribution in [0, 0.1) is 6.92 Å². The molecule has 4 rings (SSSR count). The lowest BCUT2D eigenvalue weighted by Gasteiger charge is -2.27. The zero-order valence-corrected chi connectivity index (χ0v) is 17.5. The molecule has 2 N–H and O–H groups in total. The molecule has 2 aliphatic heterocycles. The van der Waals surface area contributed by atoms with Gasteiger partial charge < -0.3 is 15.4 Å². The third kappa shape index (κ3) is 3.66. The van der Waals surface area contributed by atoms with Crippen LogP contribution in [-0.2, 0) is 19.6 Å². The van der Waals surface area contributed by atoms with Gasteiger partial charge in [0.05, 0.1) is 10.6 Å². The van der Waals surface area contributed by atoms with Gasteiger partial charge in [0.2, 0.25) is 15.9 Å². The van der Waals surface area contributed by atoms with Gasteiger partial charge in [-0.05, 0) is 50.5 Å². The zero-order chi connectivity index (χ0) is 21.5. The standard InChI is InChI=1S/C21H23N3O5S/c1-13-11-16-18(29-14(2)20(25)23-16)12-19(13)30(27,28)24-10-6-9-17(24)21(26)22-15-7-4-3-5-8-15/h3-5,7-8,11-12,14,17H,6,9-10H2,1-2H3,(H,22,26)(H,23,25)/t14-,17-/m0/s1. The van der Waals surface area contributed by atoms with Crippen molar-refractivity contribution in [2.75, 3.05) is 17.2 Å². The number of carbonyl (C=O) groups is 2. The van der Waals surface area contributed by atoms with Gasteiger partial charge in [0.1, 0.15) is 11.8 Å². The van der Waals surface area contributed by atoms with E-state index in [-0.39, 0.29) is 23.3 Å². The molecule has 1 saturated heterocycles. The smallest absolute Gasteiger partial charge is 0.265 e. The molecule has 2 aliphatic rings. The zero-order valence-electron chi connectivity index (χ0n) is 16.7. The number of nitrogens with one attached hydrogen (secondary N) is 2. The van der Waals surface area contributed by atoms with Crippen LogP contribution >= 0.6 is 0 Å². The molecule has 30 heavy (non-hydrogen) atoms. The number of hydrogen-bond acceptors (Lipinski definition) is 5. The highest BCUT2D eigenvalue weighted by Gasteiger charge is 2.40. The molecular weight excluding hydrogens is 406 g/mol. The van der Waals surface area contributed by atoms with Crippen LogP contribution < -0.4 is 15.4 Å². The SMILES string of the molecule is Cc1cc2c(cc1S(=O)(=O)N1CCC[C@H]1C(=O)Nc1ccccc1)O[C@@H](C)C(=O)N2. The summed E-state index contributed by atoms with van der Waals surface area (Å²) in [6.45, 7) is 3.52. The largest absolute Gasteiger partial charge is 0.479 e. The first-order chi connectivity index (χ1) is 14.3. The first-order valence-corrected chi connectivity index (χ1v) is 11.2. The van der Waals surface area contributed by atoms with E-state index in [2.05, 4.69) is 10.6 Å². The second kappa shape index (κ2) is 7.73. The Hall–Kier alpha value is -2.91. The molecule has 2 aromatic carbocycles. The molecule has 0 unspecified atom stereocenters. The van der Waals surface area contributed by atoms with E-state index < -0.39 is 22.2 Å². The number of benzene rings is 2. The summed E-state index contributed by atoms with van der Waals surface area (Å²) in [6, 6.07) is 11.2. The van der Waals surface area contributed by atoms with Gasteiger partial charge in [0.15, 0.2) is 6.10 Å². The quantitative estimate of drug-likeness (QED) is 0.777. The normalized spacial score (nSPS) is 21.5. The third-order valence-electron chi connectivity index (χ3n) is 5.34. The molecule has 158 valence electrons. The fraction of sp³-hybridized carbons (Fsp3) is 0.333. The maximum absolute atomic E-state index is 13.5. The van der Waals surface area contributed by atoms with Crippen molar-refractivity contribution in [2.24, 2.45) is 0 Å². The predicted molar refractivity (Wildman–Crippen MR) is 112 cm³/mol. The maximum Gasteiger partial charge on any atom is 0.265 e. The summed E-state index contributed by atoms with van der Waals surface area (Å²) in [6.07, 6.45) is 0.331. The molecule has 0 aliphatic carbocycles. The number of sulfonamides is 1. The lowest BCUT2D eigenvalue weighted by Crippen LogP contribution is -2.43. The fourth-order valence-electron chi connectivity index (χ4n) is 3.78. The Kier molecular flexibility index (Phi) is 5.25. The lowest BCUT2D eigenvalue weighted by molar-refractivity contribution is -0.122. The Morgan fingerprint density at radius 3 is 2.70 bits per heavy atom. The van der Waals surface area contributed by atoms with Gasteiger partial charge in [-0.3, -0.25) is 9.59 Å². The number of fused-ring (bicyclic) bond motifs is 1. The second-order valence-corrected chi connectivity index (χ2v) is 9.35. The molecule has 2 amide bonds. The van der Waals surface area contributed by atoms with Gasteiger partial charge >= 0.3 is 0 Å². The number of amides is 2. The number of nitrogens with zero attached hydrogens (tertiary/aromatic N) is 1. The molecule has 2 aromatic rings. The minimum absolute atomic E-state index is 0.0732. The Balaban J connectivity index is 1.63. The summed E-state index contributed by atoms with van der Waals surface area (Å²) in [5.74, 6) is -0.333. The van der Waals surface area contributed by atoms with Gasteiger partial charge in [-0.25, -0.2) is 8.42 Å². The van der Waals surface area contributed by atoms with Crippen LogP contribution in [0.3, 0.4) is 0 Å². The van der Waals surface area contributed by atoms with E-state index in [4.69, 9.17) is 4.74 Å². The van der Waals surface area contributed by atoms with Crippen molar-refractivity contribution in [3.63, 3.8) is 0 Å². The predicted octanol–water partition coefficient (Wildman–Crippen LogP) is 2.51. The Bertz CT molecular complexity index is 1100. The third-order valence-corrected chi connectivity index (χ3v) is 7.39. The minimum atomic E-state index is -3.94. The van der Waals surface area contributed by atoms with Crippen LogP contribution in [0.1, 0.15) is 25.3 Å². The summed E-state index contributed by atoms with van der Waals surface area (Å²) in [7, 11) is -3.94. The molecule has 2 atom stereocenters. The molecule has 0 radical (unpaired) electrons. The van der Waals surface area contributed by atoms with Crippen LogP contribution in [-0.4, -0.2) is 43.2 Å². The van der Waals surface area contributed by atoms with E-state index >= 15 is 0 Å². The van der Waals surface area contributed by atoms with Gasteiger partial charge in [-0.2, -0.15) is 4.31 Å². The van der Waals surface area contributed by atoms with Crippen LogP contribution in [0.5, 0.6) is 5.75 Å². The van der Waals surface area contributed by atoms with Gasteiger partial charge in [-0.1, -0.05) is 18.2 Å². The average molecular weight is 429 g/mol. The monoisotopic (exact) mass is 429 g/mol. The Morgan fingerprint density at radius 2 is 1.97 bits per heavy atom. The molecule has 9 heteroatoms. The van der Waals surface area contributed by atoms with Crippen LogP contribution in [0.4, 0.5) is 11.4 Å². The van der Waals surface area contributed by atoms with Crippen molar-refractivity contribution >= 4 is 33.2 Å². The molecule has 0 spiro atoms. The molecule has 1 fully saturated rings. The Labute approximate surface area is 175 Å². The number of aryl methyl sites for hydroxylation is 1. The van der Waals surface area contributed by atoms with E-state index in [0.29, 0.717) is 35.5 Å². The summed E-state index contributed by atoms with van der Waals surface area (Å²) in [5.41, 5.74) is 1.53. The average Bonchev–Trinajstić information content (AvgIpc) is 3.20. The van der Waals surface area contributed by atoms with Crippen molar-refractivity contribution in [1.82, 2.24) is 4.31 Å². The second-order valence-electron chi connectivity index (χ2n) is 7.49. The molecule has 0 bridgehead atoms. The van der Waals surface area contributed by atoms with Gasteiger partial charge in [0, 0.05) is 18.3 Å². The number of rotatable bonds is 4. The highest BCUT2D eigenvalue weighted by Crippen LogP contribution is 2.37. The van der Waals surface area contributed by atoms with Gasteiger partial charge in [-0.15, -0.1) is 0 Å². The highest BCUT2D eigenvalue weighted by atomic mass is 32.2. The first kappa shape index (κ1) is 20.4. The van der Waals surface area contributed by atoms with E-state index in [0.717, 1.165) is 0 Å². The summed E-state index contributed by atoms with van der Waals surface area (Å²) >= 11 is 0. The van der Waals surface area contributed by atoms with E-state index in [9.17, 15) is 18.0 Å². The number of carbonyl (C=O) groups excluding carboxylic acids is 2. The van der Waals surface area contributed by atoms with Crippen LogP contribution in [0.15, 0.2) is 47.4 Å². The molecule has 8 nitrogen and oxygen atoms in total. The van der Waals surface area contributed by atoms with Crippen molar-refractivity contribution < 1.29 is 22.7 Å². The van der Waals surface area contributed by atoms with Crippen molar-refractivity contribution in [3.05, 3.63) is 48.0 Å². The van der Waals surface area contributed by atoms with Crippen LogP contribution in [0.2, 0.25) is 0 Å². The fourth-order valence-corrected chi connectivity index (χ4v) is 5.66. The lowest BCUT2D eigenvalue weighted by atomic mass is 10.1. The minimum Gasteiger partial charge on any atom is -0.479 e. The van der Waals surface area contributed by atoms with E-state index in [1.54, 1.807) is 44.2 Å². The molecule has 2 heterocycles. The van der Waals surface area contributed by atoms with E-state index in [1.165, 1.54) is 10.4 Å². The number of hydrogen-bond donors (Lipinski definition) is 2. The highest BCUT2D eigenvalue weighted by molar-refractivity contribution is 7.89. The van der Waals surface area contributed by atoms with Crippen LogP contribution in [0.25, 0.3) is 0 Å². The summed E-state index contributed by atoms with van der Waals surface area (Å²) < 4.78 is 33.7. The van der Waals surface area contributed by atoms with Crippen molar-refractivity contribution in [2.45, 2.75) is 43.7 Å². The first-order valence-electron chi connectivity index (χ1n) is 9.77. The molecule has 0 saturated carbocycles. The molecule has 0 aromatic heterocycles. The topological polar surface area (TPSA) is 105 Å². The van der Waals surface area contributed by atoms with E-state index in [1.807, 2.05) is 6.07 Å². The maximum atomic E-state index is 13.5. The summed E-state index contributed by atoms with van der Waals surface area (Å²) in [4.78, 5) is 24.7. The number of para-hydroxylation sites is 1. The number of anilines is 2. The van der Waals surface area contributed by atoms with Gasteiger partial charge in [0.25, 0.3) is 5.91 Å². The van der Waals surface area contributed by atoms with Crippen molar-refractivity contribution in [1.29, 1.82) is 0 Å². The Morgan fingerprint density at radius 1 is 1.23 bits per heavy atom. The van der Waals surface area contributed by atoms with Crippen molar-refractivity contribution in [3.8, 4) is 5.75 Å². The molecular formula is C21H23N3O5S. The summed E-state index contributed by atoms with van der Waals surface area (Å²) in [5, 5.41) is 5.51. The number of ether oxygens (including phenoxy) is 1.